The molecule has 1 unspecified atom stereocenters. The average Bonchev–Trinajstić information content (AvgIpc) is 2.47. The van der Waals surface area contributed by atoms with Crippen molar-refractivity contribution in [2.75, 3.05) is 13.7 Å². The van der Waals surface area contributed by atoms with Crippen LogP contribution in [0.2, 0.25) is 0 Å². The third-order valence-electron chi connectivity index (χ3n) is 3.78. The molecule has 1 aromatic rings. The molecule has 1 atom stereocenters. The van der Waals surface area contributed by atoms with E-state index in [9.17, 15) is 0 Å². The highest BCUT2D eigenvalue weighted by Crippen LogP contribution is 2.24. The number of rotatable bonds is 10. The van der Waals surface area contributed by atoms with Gasteiger partial charge in [-0.2, -0.15) is 0 Å². The lowest BCUT2D eigenvalue weighted by molar-refractivity contribution is 0.414. The molecule has 2 N–H and O–H groups in total. The van der Waals surface area contributed by atoms with Crippen LogP contribution >= 0.6 is 0 Å². The highest BCUT2D eigenvalue weighted by Gasteiger charge is 2.09. The fourth-order valence-corrected chi connectivity index (χ4v) is 2.47. The van der Waals surface area contributed by atoms with Crippen LogP contribution in [0.25, 0.3) is 0 Å². The largest absolute Gasteiger partial charge is 0.497 e. The molecule has 19 heavy (non-hydrogen) atoms. The van der Waals surface area contributed by atoms with E-state index in [4.69, 9.17) is 10.5 Å². The average molecular weight is 263 g/mol. The first-order valence-corrected chi connectivity index (χ1v) is 7.65. The van der Waals surface area contributed by atoms with E-state index in [1.165, 1.54) is 50.5 Å². The molecule has 0 aromatic heterocycles. The summed E-state index contributed by atoms with van der Waals surface area (Å²) < 4.78 is 5.19. The molecule has 0 aliphatic heterocycles. The van der Waals surface area contributed by atoms with Crippen molar-refractivity contribution < 1.29 is 4.74 Å². The van der Waals surface area contributed by atoms with E-state index in [-0.39, 0.29) is 0 Å². The van der Waals surface area contributed by atoms with E-state index in [0.29, 0.717) is 5.92 Å². The van der Waals surface area contributed by atoms with E-state index in [0.717, 1.165) is 12.3 Å². The number of benzene rings is 1. The van der Waals surface area contributed by atoms with Crippen LogP contribution in [0, 0.1) is 0 Å². The van der Waals surface area contributed by atoms with Gasteiger partial charge >= 0.3 is 0 Å². The number of ether oxygens (including phenoxy) is 1. The lowest BCUT2D eigenvalue weighted by Crippen LogP contribution is -2.12. The molecule has 0 saturated heterocycles. The Hall–Kier alpha value is -1.02. The van der Waals surface area contributed by atoms with Crippen molar-refractivity contribution in [1.29, 1.82) is 0 Å². The summed E-state index contributed by atoms with van der Waals surface area (Å²) >= 11 is 0. The minimum Gasteiger partial charge on any atom is -0.497 e. The second-order valence-electron chi connectivity index (χ2n) is 5.26. The van der Waals surface area contributed by atoms with Crippen molar-refractivity contribution in [3.63, 3.8) is 0 Å². The molecule has 1 rings (SSSR count). The standard InChI is InChI=1S/C17H29NO/c1-3-4-5-6-7-8-9-16(14-18)15-10-12-17(19-2)13-11-15/h10-13,16H,3-9,14,18H2,1-2H3. The molecule has 0 spiro atoms. The van der Waals surface area contributed by atoms with Gasteiger partial charge in [-0.1, -0.05) is 57.6 Å². The Kier molecular flexibility index (Phi) is 8.31. The first-order chi connectivity index (χ1) is 9.31. The van der Waals surface area contributed by atoms with E-state index in [2.05, 4.69) is 19.1 Å². The van der Waals surface area contributed by atoms with Crippen molar-refractivity contribution in [1.82, 2.24) is 0 Å². The van der Waals surface area contributed by atoms with E-state index in [1.54, 1.807) is 7.11 Å². The van der Waals surface area contributed by atoms with Gasteiger partial charge in [0, 0.05) is 0 Å². The lowest BCUT2D eigenvalue weighted by atomic mass is 9.93. The minimum absolute atomic E-state index is 0.497. The minimum atomic E-state index is 0.497. The summed E-state index contributed by atoms with van der Waals surface area (Å²) in [6.45, 7) is 3.00. The predicted octanol–water partition coefficient (Wildman–Crippen LogP) is 4.49. The Morgan fingerprint density at radius 3 is 2.21 bits per heavy atom. The second-order valence-corrected chi connectivity index (χ2v) is 5.26. The van der Waals surface area contributed by atoms with Crippen molar-refractivity contribution in [3.8, 4) is 5.75 Å². The number of methoxy groups -OCH3 is 1. The molecule has 0 fully saturated rings. The summed E-state index contributed by atoms with van der Waals surface area (Å²) in [6.07, 6.45) is 9.27. The first-order valence-electron chi connectivity index (χ1n) is 7.65. The van der Waals surface area contributed by atoms with Gasteiger partial charge in [0.1, 0.15) is 5.75 Å². The smallest absolute Gasteiger partial charge is 0.118 e. The summed E-state index contributed by atoms with van der Waals surface area (Å²) in [5, 5.41) is 0. The Labute approximate surface area is 118 Å². The van der Waals surface area contributed by atoms with Crippen molar-refractivity contribution in [2.24, 2.45) is 5.73 Å². The third-order valence-corrected chi connectivity index (χ3v) is 3.78. The van der Waals surface area contributed by atoms with E-state index < -0.39 is 0 Å². The molecule has 0 amide bonds. The number of hydrogen-bond acceptors (Lipinski definition) is 2. The SMILES string of the molecule is CCCCCCCCC(CN)c1ccc(OC)cc1. The maximum absolute atomic E-state index is 5.91. The Morgan fingerprint density at radius 2 is 1.63 bits per heavy atom. The molecule has 0 aliphatic carbocycles. The molecule has 1 aromatic carbocycles. The molecule has 0 aliphatic rings. The van der Waals surface area contributed by atoms with Gasteiger partial charge in [-0.3, -0.25) is 0 Å². The summed E-state index contributed by atoms with van der Waals surface area (Å²) in [4.78, 5) is 0. The Balaban J connectivity index is 2.31. The van der Waals surface area contributed by atoms with E-state index in [1.807, 2.05) is 12.1 Å². The van der Waals surface area contributed by atoms with Crippen LogP contribution in [0.1, 0.15) is 63.4 Å². The zero-order valence-electron chi connectivity index (χ0n) is 12.5. The number of unbranched alkanes of at least 4 members (excludes halogenated alkanes) is 5. The van der Waals surface area contributed by atoms with Crippen molar-refractivity contribution >= 4 is 0 Å². The fraction of sp³-hybridized carbons (Fsp3) is 0.647. The molecule has 0 saturated carbocycles. The Morgan fingerprint density at radius 1 is 1.00 bits per heavy atom. The van der Waals surface area contributed by atoms with Gasteiger partial charge in [0.25, 0.3) is 0 Å². The topological polar surface area (TPSA) is 35.2 Å². The van der Waals surface area contributed by atoms with Gasteiger partial charge in [0.2, 0.25) is 0 Å². The monoisotopic (exact) mass is 263 g/mol. The maximum Gasteiger partial charge on any atom is 0.118 e. The van der Waals surface area contributed by atoms with Crippen molar-refractivity contribution in [3.05, 3.63) is 29.8 Å². The van der Waals surface area contributed by atoms with Crippen molar-refractivity contribution in [2.45, 2.75) is 57.8 Å². The Bertz CT molecular complexity index is 321. The highest BCUT2D eigenvalue weighted by atomic mass is 16.5. The zero-order chi connectivity index (χ0) is 13.9. The van der Waals surface area contributed by atoms with Crippen LogP contribution in [0.5, 0.6) is 5.75 Å². The van der Waals surface area contributed by atoms with Crippen LogP contribution < -0.4 is 10.5 Å². The second kappa shape index (κ2) is 9.85. The molecule has 0 radical (unpaired) electrons. The van der Waals surface area contributed by atoms with Gasteiger partial charge in [-0.25, -0.2) is 0 Å². The molecule has 2 nitrogen and oxygen atoms in total. The van der Waals surface area contributed by atoms with Gasteiger partial charge in [-0.05, 0) is 36.6 Å². The third kappa shape index (κ3) is 6.11. The molecular weight excluding hydrogens is 234 g/mol. The summed E-state index contributed by atoms with van der Waals surface area (Å²) in [6, 6.07) is 8.35. The van der Waals surface area contributed by atoms with Gasteiger partial charge in [-0.15, -0.1) is 0 Å². The number of nitrogens with two attached hydrogens (primary N) is 1. The first kappa shape index (κ1) is 16.0. The van der Waals surface area contributed by atoms with E-state index >= 15 is 0 Å². The molecule has 0 bridgehead atoms. The number of hydrogen-bond donors (Lipinski definition) is 1. The lowest BCUT2D eigenvalue weighted by Gasteiger charge is -2.15. The highest BCUT2D eigenvalue weighted by molar-refractivity contribution is 5.29. The zero-order valence-corrected chi connectivity index (χ0v) is 12.5. The van der Waals surface area contributed by atoms with Gasteiger partial charge in [0.15, 0.2) is 0 Å². The summed E-state index contributed by atoms with van der Waals surface area (Å²) in [5.74, 6) is 1.41. The summed E-state index contributed by atoms with van der Waals surface area (Å²) in [7, 11) is 1.70. The maximum atomic E-state index is 5.91. The van der Waals surface area contributed by atoms with Crippen LogP contribution in [-0.2, 0) is 0 Å². The van der Waals surface area contributed by atoms with Crippen LogP contribution in [0.4, 0.5) is 0 Å². The quantitative estimate of drug-likeness (QED) is 0.631. The summed E-state index contributed by atoms with van der Waals surface area (Å²) in [5.41, 5.74) is 7.25. The molecule has 2 heteroatoms. The van der Waals surface area contributed by atoms with Gasteiger partial charge < -0.3 is 10.5 Å². The predicted molar refractivity (Wildman–Crippen MR) is 82.8 cm³/mol. The molecule has 0 heterocycles. The van der Waals surface area contributed by atoms with Crippen LogP contribution in [-0.4, -0.2) is 13.7 Å². The molecule has 108 valence electrons. The van der Waals surface area contributed by atoms with Crippen LogP contribution in [0.15, 0.2) is 24.3 Å². The normalized spacial score (nSPS) is 12.4. The molecular formula is C17H29NO. The van der Waals surface area contributed by atoms with Crippen LogP contribution in [0.3, 0.4) is 0 Å². The van der Waals surface area contributed by atoms with Gasteiger partial charge in [0.05, 0.1) is 7.11 Å². The fourth-order valence-electron chi connectivity index (χ4n) is 2.47.